The summed E-state index contributed by atoms with van der Waals surface area (Å²) in [5.74, 6) is 0.135. The number of benzene rings is 3. The van der Waals surface area contributed by atoms with E-state index >= 15 is 0 Å². The van der Waals surface area contributed by atoms with Gasteiger partial charge in [-0.25, -0.2) is 0 Å². The minimum atomic E-state index is -0.465. The number of azo groups is 1. The Hall–Kier alpha value is -4.00. The molecule has 7 heteroatoms. The van der Waals surface area contributed by atoms with Crippen LogP contribution in [0, 0.1) is 10.1 Å². The summed E-state index contributed by atoms with van der Waals surface area (Å²) in [6, 6.07) is 20.6. The number of phenols is 1. The van der Waals surface area contributed by atoms with E-state index in [1.165, 1.54) is 24.3 Å². The molecule has 0 radical (unpaired) electrons. The smallest absolute Gasteiger partial charge is 0.269 e. The summed E-state index contributed by atoms with van der Waals surface area (Å²) in [6.45, 7) is 0. The minimum Gasteiger partial charge on any atom is -0.507 e. The van der Waals surface area contributed by atoms with Crippen molar-refractivity contribution in [2.75, 3.05) is 0 Å². The third-order valence-corrected chi connectivity index (χ3v) is 4.14. The Bertz CT molecular complexity index is 1130. The van der Waals surface area contributed by atoms with Gasteiger partial charge in [0.05, 0.1) is 22.0 Å². The molecule has 7 nitrogen and oxygen atoms in total. The van der Waals surface area contributed by atoms with E-state index in [-0.39, 0.29) is 11.4 Å². The molecule has 0 aliphatic carbocycles. The van der Waals surface area contributed by atoms with Gasteiger partial charge >= 0.3 is 0 Å². The van der Waals surface area contributed by atoms with Gasteiger partial charge in [0.2, 0.25) is 0 Å². The molecule has 1 heterocycles. The lowest BCUT2D eigenvalue weighted by Gasteiger charge is -2.03. The molecule has 0 atom stereocenters. The topological polar surface area (TPSA) is 104 Å². The molecule has 4 aromatic rings. The van der Waals surface area contributed by atoms with Crippen molar-refractivity contribution in [3.63, 3.8) is 0 Å². The predicted molar refractivity (Wildman–Crippen MR) is 103 cm³/mol. The van der Waals surface area contributed by atoms with E-state index in [0.717, 1.165) is 16.6 Å². The third-order valence-electron chi connectivity index (χ3n) is 4.14. The van der Waals surface area contributed by atoms with Crippen molar-refractivity contribution in [1.29, 1.82) is 0 Å². The maximum absolute atomic E-state index is 10.7. The van der Waals surface area contributed by atoms with Crippen LogP contribution in [0.1, 0.15) is 0 Å². The first kappa shape index (κ1) is 16.5. The maximum Gasteiger partial charge on any atom is 0.269 e. The van der Waals surface area contributed by atoms with E-state index in [9.17, 15) is 15.2 Å². The van der Waals surface area contributed by atoms with Crippen LogP contribution < -0.4 is 0 Å². The first-order chi connectivity index (χ1) is 13.1. The molecule has 0 saturated heterocycles. The Morgan fingerprint density at radius 3 is 2.33 bits per heavy atom. The largest absolute Gasteiger partial charge is 0.507 e. The van der Waals surface area contributed by atoms with Crippen LogP contribution in [0.25, 0.3) is 22.2 Å². The number of rotatable bonds is 4. The number of aromatic amines is 1. The van der Waals surface area contributed by atoms with Crippen LogP contribution in [0.2, 0.25) is 0 Å². The second kappa shape index (κ2) is 6.72. The Labute approximate surface area is 153 Å². The monoisotopic (exact) mass is 358 g/mol. The first-order valence-corrected chi connectivity index (χ1v) is 8.17. The van der Waals surface area contributed by atoms with Crippen LogP contribution in [-0.2, 0) is 0 Å². The zero-order valence-electron chi connectivity index (χ0n) is 14.0. The Morgan fingerprint density at radius 2 is 1.59 bits per heavy atom. The second-order valence-corrected chi connectivity index (χ2v) is 5.95. The van der Waals surface area contributed by atoms with Crippen molar-refractivity contribution in [2.45, 2.75) is 0 Å². The van der Waals surface area contributed by atoms with E-state index in [0.29, 0.717) is 16.9 Å². The first-order valence-electron chi connectivity index (χ1n) is 8.17. The number of non-ortho nitro benzene ring substituents is 1. The predicted octanol–water partition coefficient (Wildman–Crippen LogP) is 5.86. The van der Waals surface area contributed by atoms with E-state index in [1.54, 1.807) is 18.2 Å². The number of nitro benzene ring substituents is 1. The van der Waals surface area contributed by atoms with Crippen LogP contribution in [-0.4, -0.2) is 15.0 Å². The number of phenolic OH excluding ortho intramolecular Hbond substituents is 1. The molecule has 4 rings (SSSR count). The fourth-order valence-electron chi connectivity index (χ4n) is 2.78. The summed E-state index contributed by atoms with van der Waals surface area (Å²) in [7, 11) is 0. The van der Waals surface area contributed by atoms with Gasteiger partial charge in [0.25, 0.3) is 5.69 Å². The fourth-order valence-corrected chi connectivity index (χ4v) is 2.78. The highest BCUT2D eigenvalue weighted by atomic mass is 16.6. The minimum absolute atomic E-state index is 0.000296. The van der Waals surface area contributed by atoms with Crippen molar-refractivity contribution in [2.24, 2.45) is 10.2 Å². The highest BCUT2D eigenvalue weighted by Crippen LogP contribution is 2.34. The summed E-state index contributed by atoms with van der Waals surface area (Å²) < 4.78 is 0. The van der Waals surface area contributed by atoms with Gasteiger partial charge in [-0.15, -0.1) is 0 Å². The summed E-state index contributed by atoms with van der Waals surface area (Å²) in [6.07, 6.45) is 0. The summed E-state index contributed by atoms with van der Waals surface area (Å²) in [5.41, 5.74) is 3.43. The number of H-pyrrole nitrogens is 1. The fraction of sp³-hybridized carbons (Fsp3) is 0. The number of para-hydroxylation sites is 1. The summed E-state index contributed by atoms with van der Waals surface area (Å²) in [5, 5.41) is 30.2. The number of nitrogens with zero attached hydrogens (tertiary/aromatic N) is 3. The number of nitrogens with one attached hydrogen (secondary N) is 1. The molecule has 3 aromatic carbocycles. The lowest BCUT2D eigenvalue weighted by Crippen LogP contribution is -1.85. The van der Waals surface area contributed by atoms with Crippen LogP contribution in [0.15, 0.2) is 83.0 Å². The van der Waals surface area contributed by atoms with E-state index < -0.39 is 4.92 Å². The Kier molecular flexibility index (Phi) is 4.10. The quantitative estimate of drug-likeness (QED) is 0.271. The molecular formula is C20H14N4O3. The van der Waals surface area contributed by atoms with E-state index in [4.69, 9.17) is 0 Å². The number of aromatic nitrogens is 1. The lowest BCUT2D eigenvalue weighted by atomic mass is 10.1. The van der Waals surface area contributed by atoms with Gasteiger partial charge in [-0.05, 0) is 42.5 Å². The number of hydrogen-bond acceptors (Lipinski definition) is 5. The number of hydrogen-bond donors (Lipinski definition) is 2. The van der Waals surface area contributed by atoms with Gasteiger partial charge in [-0.2, -0.15) is 10.2 Å². The Morgan fingerprint density at radius 1 is 0.889 bits per heavy atom. The van der Waals surface area contributed by atoms with Gasteiger partial charge in [0.1, 0.15) is 5.75 Å². The average molecular weight is 358 g/mol. The van der Waals surface area contributed by atoms with Gasteiger partial charge in [-0.3, -0.25) is 10.1 Å². The highest BCUT2D eigenvalue weighted by molar-refractivity contribution is 5.87. The molecule has 27 heavy (non-hydrogen) atoms. The number of fused-ring (bicyclic) bond motifs is 1. The zero-order chi connectivity index (χ0) is 18.8. The molecule has 2 N–H and O–H groups in total. The molecule has 0 saturated carbocycles. The van der Waals surface area contributed by atoms with Crippen molar-refractivity contribution < 1.29 is 10.0 Å². The van der Waals surface area contributed by atoms with Gasteiger partial charge in [-0.1, -0.05) is 18.2 Å². The van der Waals surface area contributed by atoms with E-state index in [2.05, 4.69) is 15.2 Å². The number of aromatic hydroxyl groups is 1. The summed E-state index contributed by atoms with van der Waals surface area (Å²) in [4.78, 5) is 13.5. The molecule has 0 bridgehead atoms. The van der Waals surface area contributed by atoms with Gasteiger partial charge in [0, 0.05) is 28.6 Å². The van der Waals surface area contributed by atoms with Crippen LogP contribution in [0.3, 0.4) is 0 Å². The van der Waals surface area contributed by atoms with Gasteiger partial charge < -0.3 is 10.1 Å². The molecule has 1 aromatic heterocycles. The molecule has 0 unspecified atom stereocenters. The van der Waals surface area contributed by atoms with Crippen LogP contribution in [0.4, 0.5) is 17.1 Å². The van der Waals surface area contributed by atoms with E-state index in [1.807, 2.05) is 30.3 Å². The molecular weight excluding hydrogens is 344 g/mol. The summed E-state index contributed by atoms with van der Waals surface area (Å²) >= 11 is 0. The Balaban J connectivity index is 1.64. The van der Waals surface area contributed by atoms with Crippen LogP contribution >= 0.6 is 0 Å². The molecule has 132 valence electrons. The third kappa shape index (κ3) is 3.38. The molecule has 0 aliphatic heterocycles. The van der Waals surface area contributed by atoms with Crippen LogP contribution in [0.5, 0.6) is 5.75 Å². The lowest BCUT2D eigenvalue weighted by molar-refractivity contribution is -0.384. The SMILES string of the molecule is O=[N+]([O-])c1ccc(N=Nc2ccc(O)c(-c3cc4ccccc4[nH]3)c2)cc1. The van der Waals surface area contributed by atoms with Crippen molar-refractivity contribution in [3.8, 4) is 17.0 Å². The zero-order valence-corrected chi connectivity index (χ0v) is 14.0. The second-order valence-electron chi connectivity index (χ2n) is 5.95. The normalized spacial score (nSPS) is 11.3. The standard InChI is InChI=1S/C20H14N4O3/c25-20-10-7-15(23-22-14-5-8-16(9-6-14)24(26)27)12-17(20)19-11-13-3-1-2-4-18(13)21-19/h1-12,21,25H. The molecule has 0 spiro atoms. The highest BCUT2D eigenvalue weighted by Gasteiger charge is 2.09. The van der Waals surface area contributed by atoms with Crippen molar-refractivity contribution >= 4 is 28.0 Å². The molecule has 0 fully saturated rings. The maximum atomic E-state index is 10.7. The number of nitro groups is 1. The van der Waals surface area contributed by atoms with Crippen molar-refractivity contribution in [1.82, 2.24) is 4.98 Å². The molecule has 0 amide bonds. The van der Waals surface area contributed by atoms with Gasteiger partial charge in [0.15, 0.2) is 0 Å². The molecule has 0 aliphatic rings. The van der Waals surface area contributed by atoms with Crippen molar-refractivity contribution in [3.05, 3.63) is 82.9 Å². The average Bonchev–Trinajstić information content (AvgIpc) is 3.11.